The van der Waals surface area contributed by atoms with E-state index in [1.165, 1.54) is 6.07 Å². The Kier molecular flexibility index (Phi) is 5.09. The molecule has 0 spiro atoms. The molecule has 4 N–H and O–H groups in total. The van der Waals surface area contributed by atoms with Gasteiger partial charge in [0.05, 0.1) is 5.56 Å². The van der Waals surface area contributed by atoms with E-state index in [1.807, 2.05) is 0 Å². The Morgan fingerprint density at radius 3 is 2.38 bits per heavy atom. The molecule has 0 atom stereocenters. The number of hydrogen-bond acceptors (Lipinski definition) is 4. The van der Waals surface area contributed by atoms with Gasteiger partial charge in [0, 0.05) is 18.1 Å². The zero-order chi connectivity index (χ0) is 11.6. The number of amides is 1. The van der Waals surface area contributed by atoms with E-state index < -0.39 is 11.9 Å². The first-order chi connectivity index (χ1) is 6.91. The molecule has 0 heterocycles. The van der Waals surface area contributed by atoms with Crippen LogP contribution in [-0.2, 0) is 11.2 Å². The van der Waals surface area contributed by atoms with Crippen molar-refractivity contribution in [1.29, 1.82) is 0 Å². The van der Waals surface area contributed by atoms with E-state index in [0.29, 0.717) is 11.1 Å². The first-order valence-corrected chi connectivity index (χ1v) is 4.30. The molecule has 80 valence electrons. The topological polar surface area (TPSA) is 109 Å². The van der Waals surface area contributed by atoms with Crippen LogP contribution in [-0.4, -0.2) is 11.9 Å². The molecule has 0 fully saturated rings. The molecule has 0 radical (unpaired) electrons. The average molecular weight is 214 g/mol. The van der Waals surface area contributed by atoms with Gasteiger partial charge in [-0.2, -0.15) is 0 Å². The zero-order valence-corrected chi connectivity index (χ0v) is 9.24. The van der Waals surface area contributed by atoms with Crippen LogP contribution in [0.1, 0.15) is 21.5 Å². The number of rotatable bonds is 3. The number of nitrogens with two attached hydrogens (primary N) is 2. The molecule has 0 aliphatic carbocycles. The van der Waals surface area contributed by atoms with Gasteiger partial charge in [-0.25, -0.2) is 0 Å². The number of nitrogen functional groups attached to an aromatic ring is 1. The van der Waals surface area contributed by atoms with Gasteiger partial charge in [-0.3, -0.25) is 4.79 Å². The monoisotopic (exact) mass is 214 g/mol. The fourth-order valence-corrected chi connectivity index (χ4v) is 1.35. The van der Waals surface area contributed by atoms with Crippen molar-refractivity contribution in [3.63, 3.8) is 0 Å². The van der Waals surface area contributed by atoms with Crippen molar-refractivity contribution >= 4 is 17.6 Å². The minimum Gasteiger partial charge on any atom is -0.550 e. The van der Waals surface area contributed by atoms with Gasteiger partial charge in [-0.1, -0.05) is 6.07 Å². The number of anilines is 1. The first-order valence-electron chi connectivity index (χ1n) is 4.30. The van der Waals surface area contributed by atoms with Crippen LogP contribution in [0.3, 0.4) is 0 Å². The van der Waals surface area contributed by atoms with Gasteiger partial charge in [0.1, 0.15) is 0 Å². The van der Waals surface area contributed by atoms with Gasteiger partial charge in [0.15, 0.2) is 0 Å². The van der Waals surface area contributed by atoms with E-state index in [2.05, 4.69) is 0 Å². The van der Waals surface area contributed by atoms with Crippen LogP contribution in [0, 0.1) is 6.92 Å². The number of aliphatic carboxylic acids is 1. The number of aryl methyl sites for hydroxylation is 1. The minimum atomic E-state index is -1.21. The fourth-order valence-electron chi connectivity index (χ4n) is 1.35. The first kappa shape index (κ1) is 14.6. The third kappa shape index (κ3) is 3.30. The molecule has 1 aromatic rings. The van der Waals surface area contributed by atoms with E-state index in [1.54, 1.807) is 13.0 Å². The van der Waals surface area contributed by atoms with Gasteiger partial charge < -0.3 is 21.4 Å². The Balaban J connectivity index is 0.00000225. The van der Waals surface area contributed by atoms with Gasteiger partial charge >= 0.3 is 18.9 Å². The standard InChI is InChI=1S/C10H12N2O3.Li/c1-5-2-6(4-8(13)14)3-7(9(5)11)10(12)15;/h2-3H,4,11H2,1H3,(H2,12,15)(H,13,14);/q;+1/p-1. The maximum atomic E-state index is 11.0. The molecule has 0 unspecified atom stereocenters. The number of hydrogen-bond donors (Lipinski definition) is 2. The molecule has 1 amide bonds. The van der Waals surface area contributed by atoms with Crippen molar-refractivity contribution in [2.24, 2.45) is 5.73 Å². The van der Waals surface area contributed by atoms with E-state index >= 15 is 0 Å². The van der Waals surface area contributed by atoms with Crippen LogP contribution < -0.4 is 35.4 Å². The Bertz CT molecular complexity index is 432. The molecule has 0 saturated heterocycles. The van der Waals surface area contributed by atoms with Crippen molar-refractivity contribution in [2.75, 3.05) is 5.73 Å². The van der Waals surface area contributed by atoms with Gasteiger partial charge in [0.2, 0.25) is 0 Å². The molecule has 1 rings (SSSR count). The summed E-state index contributed by atoms with van der Waals surface area (Å²) >= 11 is 0. The van der Waals surface area contributed by atoms with Crippen LogP contribution in [0.4, 0.5) is 5.69 Å². The summed E-state index contributed by atoms with van der Waals surface area (Å²) in [4.78, 5) is 21.4. The fraction of sp³-hybridized carbons (Fsp3) is 0.200. The summed E-state index contributed by atoms with van der Waals surface area (Å²) in [5, 5.41) is 10.4. The van der Waals surface area contributed by atoms with Crippen LogP contribution in [0.5, 0.6) is 0 Å². The molecule has 0 aromatic heterocycles. The quantitative estimate of drug-likeness (QED) is 0.394. The molecule has 1 aromatic carbocycles. The van der Waals surface area contributed by atoms with Crippen molar-refractivity contribution < 1.29 is 33.6 Å². The molecule has 6 heteroatoms. The van der Waals surface area contributed by atoms with Crippen LogP contribution >= 0.6 is 0 Å². The number of primary amides is 1. The van der Waals surface area contributed by atoms with Gasteiger partial charge in [-0.15, -0.1) is 0 Å². The number of carboxylic acids is 1. The molecule has 0 bridgehead atoms. The number of carbonyl (C=O) groups is 2. The summed E-state index contributed by atoms with van der Waals surface area (Å²) < 4.78 is 0. The second-order valence-electron chi connectivity index (χ2n) is 3.29. The molecule has 0 aliphatic rings. The van der Waals surface area contributed by atoms with Crippen molar-refractivity contribution in [3.8, 4) is 0 Å². The predicted molar refractivity (Wildman–Crippen MR) is 52.8 cm³/mol. The second-order valence-corrected chi connectivity index (χ2v) is 3.29. The normalized spacial score (nSPS) is 9.31. The summed E-state index contributed by atoms with van der Waals surface area (Å²) in [6, 6.07) is 2.97. The summed E-state index contributed by atoms with van der Waals surface area (Å²) in [7, 11) is 0. The van der Waals surface area contributed by atoms with E-state index in [4.69, 9.17) is 11.5 Å². The summed E-state index contributed by atoms with van der Waals surface area (Å²) in [6.07, 6.45) is -0.263. The predicted octanol–water partition coefficient (Wildman–Crippen LogP) is -4.03. The summed E-state index contributed by atoms with van der Waals surface area (Å²) in [5.74, 6) is -1.88. The third-order valence-electron chi connectivity index (χ3n) is 2.06. The van der Waals surface area contributed by atoms with Gasteiger partial charge in [0.25, 0.3) is 5.91 Å². The van der Waals surface area contributed by atoms with Crippen molar-refractivity contribution in [1.82, 2.24) is 0 Å². The summed E-state index contributed by atoms with van der Waals surface area (Å²) in [5.41, 5.74) is 12.2. The molecule has 0 saturated carbocycles. The smallest absolute Gasteiger partial charge is 0.550 e. The number of carbonyl (C=O) groups excluding carboxylic acids is 2. The molecule has 0 aliphatic heterocycles. The van der Waals surface area contributed by atoms with Gasteiger partial charge in [-0.05, 0) is 24.1 Å². The van der Waals surface area contributed by atoms with E-state index in [0.717, 1.165) is 0 Å². The Morgan fingerprint density at radius 1 is 1.38 bits per heavy atom. The average Bonchev–Trinajstić information content (AvgIpc) is 2.09. The maximum Gasteiger partial charge on any atom is 1.00 e. The molecular formula is C10H11LiN2O3. The van der Waals surface area contributed by atoms with E-state index in [9.17, 15) is 14.7 Å². The Morgan fingerprint density at radius 2 is 1.94 bits per heavy atom. The molecule has 5 nitrogen and oxygen atoms in total. The van der Waals surface area contributed by atoms with Crippen molar-refractivity contribution in [3.05, 3.63) is 28.8 Å². The van der Waals surface area contributed by atoms with Crippen LogP contribution in [0.2, 0.25) is 0 Å². The third-order valence-corrected chi connectivity index (χ3v) is 2.06. The maximum absolute atomic E-state index is 11.0. The van der Waals surface area contributed by atoms with E-state index in [-0.39, 0.29) is 36.5 Å². The Labute approximate surface area is 105 Å². The number of benzene rings is 1. The SMILES string of the molecule is Cc1cc(CC(=O)[O-])cc(C(N)=O)c1N.[Li+]. The summed E-state index contributed by atoms with van der Waals surface area (Å²) in [6.45, 7) is 1.68. The van der Waals surface area contributed by atoms with Crippen molar-refractivity contribution in [2.45, 2.75) is 13.3 Å². The van der Waals surface area contributed by atoms with Crippen LogP contribution in [0.25, 0.3) is 0 Å². The second kappa shape index (κ2) is 5.59. The zero-order valence-electron chi connectivity index (χ0n) is 9.24. The molecular weight excluding hydrogens is 203 g/mol. The molecule has 16 heavy (non-hydrogen) atoms. The van der Waals surface area contributed by atoms with Crippen LogP contribution in [0.15, 0.2) is 12.1 Å². The Hall–Kier alpha value is -1.44. The largest absolute Gasteiger partial charge is 1.00 e. The minimum absolute atomic E-state index is 0. The number of carboxylic acid groups (broad SMARTS) is 1.